The standard InChI is InChI=1S/C25H25Cl3N2O6S/c26-15-7-4-14(5-8-15)6-9-16(37-23-17(27)2-1-3-18(23)28)12-29-10-11-30(13-29)24-21(33)19(31)20(32)22(36-24)25(34)35/h1-5,7-8,10-11,13,16,19-22,24,31-33H,6,9,12H2/p+1. The molecule has 8 nitrogen and oxygen atoms in total. The summed E-state index contributed by atoms with van der Waals surface area (Å²) in [5.41, 5.74) is 1.13. The molecule has 3 aromatic rings. The average Bonchev–Trinajstić information content (AvgIpc) is 3.32. The predicted octanol–water partition coefficient (Wildman–Crippen LogP) is 3.59. The second-order valence-corrected chi connectivity index (χ2v) is 11.3. The molecule has 1 saturated heterocycles. The van der Waals surface area contributed by atoms with Crippen molar-refractivity contribution in [1.29, 1.82) is 0 Å². The smallest absolute Gasteiger partial charge is 0.335 e. The summed E-state index contributed by atoms with van der Waals surface area (Å²) in [6, 6.07) is 13.0. The summed E-state index contributed by atoms with van der Waals surface area (Å²) in [5, 5.41) is 41.7. The van der Waals surface area contributed by atoms with Crippen LogP contribution in [0, 0.1) is 0 Å². The number of hydrogen-bond donors (Lipinski definition) is 4. The van der Waals surface area contributed by atoms with Gasteiger partial charge in [0.2, 0.25) is 12.6 Å². The average molecular weight is 589 g/mol. The van der Waals surface area contributed by atoms with Crippen molar-refractivity contribution in [3.8, 4) is 0 Å². The van der Waals surface area contributed by atoms with Crippen molar-refractivity contribution in [1.82, 2.24) is 4.57 Å². The van der Waals surface area contributed by atoms with Gasteiger partial charge in [-0.3, -0.25) is 0 Å². The van der Waals surface area contributed by atoms with Gasteiger partial charge >= 0.3 is 5.97 Å². The Morgan fingerprint density at radius 1 is 1.03 bits per heavy atom. The highest BCUT2D eigenvalue weighted by molar-refractivity contribution is 8.00. The first-order chi connectivity index (χ1) is 17.6. The van der Waals surface area contributed by atoms with E-state index in [0.29, 0.717) is 21.6 Å². The molecule has 1 aliphatic rings. The van der Waals surface area contributed by atoms with Gasteiger partial charge in [0.25, 0.3) is 0 Å². The van der Waals surface area contributed by atoms with Crippen LogP contribution in [0.2, 0.25) is 15.1 Å². The van der Waals surface area contributed by atoms with Crippen LogP contribution in [0.4, 0.5) is 0 Å². The van der Waals surface area contributed by atoms with Crippen LogP contribution in [0.25, 0.3) is 0 Å². The zero-order chi connectivity index (χ0) is 26.7. The number of hydrogen-bond acceptors (Lipinski definition) is 6. The van der Waals surface area contributed by atoms with Crippen LogP contribution in [0.3, 0.4) is 0 Å². The first-order valence-electron chi connectivity index (χ1n) is 11.5. The van der Waals surface area contributed by atoms with Crippen molar-refractivity contribution in [2.75, 3.05) is 0 Å². The van der Waals surface area contributed by atoms with Crippen LogP contribution in [-0.2, 0) is 22.5 Å². The maximum atomic E-state index is 11.5. The number of carboxylic acids is 1. The lowest BCUT2D eigenvalue weighted by Gasteiger charge is -2.36. The Kier molecular flexibility index (Phi) is 9.42. The molecule has 6 atom stereocenters. The maximum Gasteiger partial charge on any atom is 0.335 e. The number of aliphatic carboxylic acids is 1. The van der Waals surface area contributed by atoms with E-state index in [1.54, 1.807) is 48.7 Å². The third kappa shape index (κ3) is 6.79. The van der Waals surface area contributed by atoms with Gasteiger partial charge in [0.05, 0.1) is 10.0 Å². The first kappa shape index (κ1) is 28.2. The van der Waals surface area contributed by atoms with Crippen molar-refractivity contribution < 1.29 is 34.5 Å². The number of aryl methyl sites for hydroxylation is 1. The normalized spacial score (nSPS) is 24.6. The van der Waals surface area contributed by atoms with Gasteiger partial charge in [0, 0.05) is 15.2 Å². The summed E-state index contributed by atoms with van der Waals surface area (Å²) in [6.07, 6.45) is -1.24. The van der Waals surface area contributed by atoms with Crippen molar-refractivity contribution in [3.05, 3.63) is 81.8 Å². The maximum absolute atomic E-state index is 11.5. The number of ether oxygens (including phenoxy) is 1. The highest BCUT2D eigenvalue weighted by Gasteiger charge is 2.49. The van der Waals surface area contributed by atoms with Gasteiger partial charge in [-0.2, -0.15) is 0 Å². The van der Waals surface area contributed by atoms with E-state index < -0.39 is 36.6 Å². The Bertz CT molecular complexity index is 1210. The van der Waals surface area contributed by atoms with Crippen molar-refractivity contribution >= 4 is 52.5 Å². The lowest BCUT2D eigenvalue weighted by atomic mass is 9.98. The van der Waals surface area contributed by atoms with E-state index in [9.17, 15) is 25.2 Å². The molecule has 1 aliphatic heterocycles. The Balaban J connectivity index is 1.53. The number of rotatable bonds is 9. The minimum atomic E-state index is -1.75. The number of nitrogens with zero attached hydrogens (tertiary/aromatic N) is 2. The van der Waals surface area contributed by atoms with Gasteiger partial charge in [-0.25, -0.2) is 13.9 Å². The number of halogens is 3. The fourth-order valence-electron chi connectivity index (χ4n) is 4.14. The minimum absolute atomic E-state index is 0.0327. The predicted molar refractivity (Wildman–Crippen MR) is 140 cm³/mol. The largest absolute Gasteiger partial charge is 0.479 e. The van der Waals surface area contributed by atoms with Gasteiger partial charge in [-0.15, -0.1) is 11.8 Å². The van der Waals surface area contributed by atoms with Gasteiger partial charge in [-0.05, 0) is 42.7 Å². The van der Waals surface area contributed by atoms with E-state index in [2.05, 4.69) is 0 Å². The molecule has 6 unspecified atom stereocenters. The molecule has 198 valence electrons. The fraction of sp³-hybridized carbons (Fsp3) is 0.360. The minimum Gasteiger partial charge on any atom is -0.479 e. The molecule has 0 saturated carbocycles. The van der Waals surface area contributed by atoms with Gasteiger partial charge in [-0.1, -0.05) is 53.0 Å². The van der Waals surface area contributed by atoms with Crippen molar-refractivity contribution in [2.45, 2.75) is 60.2 Å². The second kappa shape index (κ2) is 12.4. The van der Waals surface area contributed by atoms with Crippen LogP contribution < -0.4 is 4.57 Å². The second-order valence-electron chi connectivity index (χ2n) is 8.77. The van der Waals surface area contributed by atoms with Gasteiger partial charge in [0.15, 0.2) is 6.10 Å². The number of thioether (sulfide) groups is 1. The summed E-state index contributed by atoms with van der Waals surface area (Å²) < 4.78 is 8.77. The third-order valence-corrected chi connectivity index (χ3v) is 8.62. The molecule has 0 amide bonds. The van der Waals surface area contributed by atoms with Gasteiger partial charge < -0.3 is 25.2 Å². The Morgan fingerprint density at radius 3 is 2.35 bits per heavy atom. The molecule has 0 bridgehead atoms. The molecule has 0 spiro atoms. The number of aliphatic hydroxyl groups excluding tert-OH is 3. The number of carbonyl (C=O) groups is 1. The first-order valence-corrected chi connectivity index (χ1v) is 13.5. The van der Waals surface area contributed by atoms with E-state index in [1.807, 2.05) is 28.8 Å². The summed E-state index contributed by atoms with van der Waals surface area (Å²) >= 11 is 20.4. The zero-order valence-electron chi connectivity index (χ0n) is 19.4. The van der Waals surface area contributed by atoms with E-state index in [1.165, 1.54) is 4.57 Å². The molecule has 4 N–H and O–H groups in total. The number of carboxylic acid groups (broad SMARTS) is 1. The Labute approximate surface area is 233 Å². The summed E-state index contributed by atoms with van der Waals surface area (Å²) in [4.78, 5) is 12.2. The molecule has 4 rings (SSSR count). The highest BCUT2D eigenvalue weighted by atomic mass is 35.5. The molecule has 37 heavy (non-hydrogen) atoms. The van der Waals surface area contributed by atoms with Crippen LogP contribution >= 0.6 is 46.6 Å². The van der Waals surface area contributed by atoms with Crippen LogP contribution in [0.5, 0.6) is 0 Å². The molecule has 1 fully saturated rings. The van der Waals surface area contributed by atoms with Crippen LogP contribution in [0.1, 0.15) is 18.2 Å². The van der Waals surface area contributed by atoms with E-state index >= 15 is 0 Å². The van der Waals surface area contributed by atoms with Crippen LogP contribution in [-0.4, -0.2) is 60.6 Å². The SMILES string of the molecule is O=C(O)C1OC(n2cc[n+](CC(CCc3ccc(Cl)cc3)Sc3c(Cl)cccc3Cl)c2)C(O)C(O)C1O. The zero-order valence-corrected chi connectivity index (χ0v) is 22.5. The van der Waals surface area contributed by atoms with Crippen molar-refractivity contribution in [2.24, 2.45) is 0 Å². The molecule has 2 heterocycles. The Hall–Kier alpha value is -1.82. The molecular weight excluding hydrogens is 563 g/mol. The molecule has 0 radical (unpaired) electrons. The van der Waals surface area contributed by atoms with Crippen LogP contribution in [0.15, 0.2) is 66.1 Å². The summed E-state index contributed by atoms with van der Waals surface area (Å²) in [7, 11) is 0. The quantitative estimate of drug-likeness (QED) is 0.223. The van der Waals surface area contributed by atoms with Gasteiger partial charge in [0.1, 0.15) is 37.3 Å². The summed E-state index contributed by atoms with van der Waals surface area (Å²) in [6.45, 7) is 0.531. The molecule has 2 aromatic carbocycles. The fourth-order valence-corrected chi connectivity index (χ4v) is 6.11. The number of aromatic nitrogens is 2. The lowest BCUT2D eigenvalue weighted by Crippen LogP contribution is -2.57. The number of benzene rings is 2. The Morgan fingerprint density at radius 2 is 1.70 bits per heavy atom. The summed E-state index contributed by atoms with van der Waals surface area (Å²) in [5.74, 6) is -1.43. The lowest BCUT2D eigenvalue weighted by molar-refractivity contribution is -0.696. The van der Waals surface area contributed by atoms with Crippen molar-refractivity contribution in [3.63, 3.8) is 0 Å². The molecule has 0 aliphatic carbocycles. The molecule has 12 heteroatoms. The topological polar surface area (TPSA) is 116 Å². The molecule has 1 aromatic heterocycles. The van der Waals surface area contributed by atoms with E-state index in [0.717, 1.165) is 23.3 Å². The third-order valence-electron chi connectivity index (χ3n) is 6.12. The number of aliphatic hydroxyl groups is 3. The highest BCUT2D eigenvalue weighted by Crippen LogP contribution is 2.38. The molecular formula is C25H26Cl3N2O6S+. The van der Waals surface area contributed by atoms with E-state index in [4.69, 9.17) is 39.5 Å². The monoisotopic (exact) mass is 587 g/mol. The number of imidazole rings is 1. The van der Waals surface area contributed by atoms with E-state index in [-0.39, 0.29) is 5.25 Å².